The lowest BCUT2D eigenvalue weighted by atomic mass is 9.81. The van der Waals surface area contributed by atoms with Gasteiger partial charge >= 0.3 is 6.09 Å². The summed E-state index contributed by atoms with van der Waals surface area (Å²) in [5.41, 5.74) is 0. The molecule has 2 N–H and O–H groups in total. The minimum absolute atomic E-state index is 0.0271. The summed E-state index contributed by atoms with van der Waals surface area (Å²) in [6.45, 7) is 4.99. The highest BCUT2D eigenvalue weighted by Crippen LogP contribution is 2.28. The molecule has 18 heavy (non-hydrogen) atoms. The van der Waals surface area contributed by atoms with E-state index in [0.29, 0.717) is 18.7 Å². The van der Waals surface area contributed by atoms with Crippen molar-refractivity contribution in [3.8, 4) is 0 Å². The van der Waals surface area contributed by atoms with Gasteiger partial charge in [-0.3, -0.25) is 0 Å². The lowest BCUT2D eigenvalue weighted by Gasteiger charge is -2.41. The SMILES string of the molecule is COCC1C[C@H](N(C)C(C)C)CCC1NC(=O)O. The van der Waals surface area contributed by atoms with Crippen LogP contribution < -0.4 is 5.32 Å². The van der Waals surface area contributed by atoms with E-state index in [0.717, 1.165) is 19.3 Å². The smallest absolute Gasteiger partial charge is 0.404 e. The predicted octanol–water partition coefficient (Wildman–Crippen LogP) is 1.78. The molecule has 0 bridgehead atoms. The Bertz CT molecular complexity index is 271. The molecule has 1 fully saturated rings. The number of nitrogens with zero attached hydrogens (tertiary/aromatic N) is 1. The number of carbonyl (C=O) groups is 1. The first kappa shape index (κ1) is 15.2. The molecule has 0 aromatic carbocycles. The lowest BCUT2D eigenvalue weighted by Crippen LogP contribution is -2.50. The lowest BCUT2D eigenvalue weighted by molar-refractivity contribution is 0.0586. The molecule has 0 aliphatic heterocycles. The number of hydrogen-bond donors (Lipinski definition) is 2. The van der Waals surface area contributed by atoms with Gasteiger partial charge in [0.25, 0.3) is 0 Å². The number of amides is 1. The molecule has 106 valence electrons. The highest BCUT2D eigenvalue weighted by molar-refractivity contribution is 5.64. The summed E-state index contributed by atoms with van der Waals surface area (Å²) in [7, 11) is 3.82. The fraction of sp³-hybridized carbons (Fsp3) is 0.923. The van der Waals surface area contributed by atoms with Crippen LogP contribution >= 0.6 is 0 Å². The molecule has 1 amide bonds. The zero-order chi connectivity index (χ0) is 13.7. The largest absolute Gasteiger partial charge is 0.465 e. The molecule has 1 rings (SSSR count). The minimum Gasteiger partial charge on any atom is -0.465 e. The van der Waals surface area contributed by atoms with Crippen LogP contribution in [0.2, 0.25) is 0 Å². The van der Waals surface area contributed by atoms with Gasteiger partial charge < -0.3 is 20.1 Å². The van der Waals surface area contributed by atoms with E-state index in [1.165, 1.54) is 0 Å². The molecule has 0 radical (unpaired) electrons. The van der Waals surface area contributed by atoms with Crippen LogP contribution in [0.3, 0.4) is 0 Å². The minimum atomic E-state index is -0.934. The van der Waals surface area contributed by atoms with E-state index in [9.17, 15) is 4.79 Å². The van der Waals surface area contributed by atoms with Crippen molar-refractivity contribution in [1.29, 1.82) is 0 Å². The quantitative estimate of drug-likeness (QED) is 0.789. The molecule has 5 nitrogen and oxygen atoms in total. The third-order valence-electron chi connectivity index (χ3n) is 4.03. The zero-order valence-electron chi connectivity index (χ0n) is 11.8. The summed E-state index contributed by atoms with van der Waals surface area (Å²) >= 11 is 0. The third kappa shape index (κ3) is 4.14. The van der Waals surface area contributed by atoms with Crippen LogP contribution in [-0.2, 0) is 4.74 Å². The van der Waals surface area contributed by atoms with Crippen LogP contribution in [0.1, 0.15) is 33.1 Å². The van der Waals surface area contributed by atoms with Crippen molar-refractivity contribution in [2.24, 2.45) is 5.92 Å². The van der Waals surface area contributed by atoms with Gasteiger partial charge in [-0.2, -0.15) is 0 Å². The average molecular weight is 258 g/mol. The molecular weight excluding hydrogens is 232 g/mol. The van der Waals surface area contributed by atoms with Crippen molar-refractivity contribution in [3.63, 3.8) is 0 Å². The molecule has 0 saturated heterocycles. The van der Waals surface area contributed by atoms with Crippen LogP contribution in [0.4, 0.5) is 4.79 Å². The van der Waals surface area contributed by atoms with Crippen molar-refractivity contribution in [3.05, 3.63) is 0 Å². The molecular formula is C13H26N2O3. The predicted molar refractivity (Wildman–Crippen MR) is 70.9 cm³/mol. The second-order valence-electron chi connectivity index (χ2n) is 5.50. The molecule has 1 aliphatic carbocycles. The van der Waals surface area contributed by atoms with E-state index in [2.05, 4.69) is 31.1 Å². The van der Waals surface area contributed by atoms with E-state index in [1.54, 1.807) is 7.11 Å². The molecule has 3 atom stereocenters. The summed E-state index contributed by atoms with van der Waals surface area (Å²) in [5.74, 6) is 0.269. The van der Waals surface area contributed by atoms with E-state index in [1.807, 2.05) is 0 Å². The number of methoxy groups -OCH3 is 1. The molecule has 5 heteroatoms. The van der Waals surface area contributed by atoms with Gasteiger partial charge in [0.2, 0.25) is 0 Å². The van der Waals surface area contributed by atoms with Gasteiger partial charge in [-0.25, -0.2) is 4.79 Å². The second-order valence-corrected chi connectivity index (χ2v) is 5.50. The third-order valence-corrected chi connectivity index (χ3v) is 4.03. The summed E-state index contributed by atoms with van der Waals surface area (Å²) in [5, 5.41) is 11.5. The summed E-state index contributed by atoms with van der Waals surface area (Å²) < 4.78 is 5.23. The van der Waals surface area contributed by atoms with E-state index >= 15 is 0 Å². The summed E-state index contributed by atoms with van der Waals surface area (Å²) in [6.07, 6.45) is 1.99. The Morgan fingerprint density at radius 3 is 2.67 bits per heavy atom. The number of carboxylic acid groups (broad SMARTS) is 1. The maximum Gasteiger partial charge on any atom is 0.404 e. The Morgan fingerprint density at radius 2 is 2.17 bits per heavy atom. The fourth-order valence-corrected chi connectivity index (χ4v) is 2.78. The van der Waals surface area contributed by atoms with E-state index in [-0.39, 0.29) is 12.0 Å². The zero-order valence-corrected chi connectivity index (χ0v) is 11.8. The van der Waals surface area contributed by atoms with Crippen LogP contribution in [0.5, 0.6) is 0 Å². The first-order valence-corrected chi connectivity index (χ1v) is 6.66. The van der Waals surface area contributed by atoms with Gasteiger partial charge in [-0.05, 0) is 40.2 Å². The number of rotatable bonds is 5. The van der Waals surface area contributed by atoms with Gasteiger partial charge in [0.15, 0.2) is 0 Å². The van der Waals surface area contributed by atoms with Crippen LogP contribution in [0.25, 0.3) is 0 Å². The van der Waals surface area contributed by atoms with E-state index < -0.39 is 6.09 Å². The highest BCUT2D eigenvalue weighted by Gasteiger charge is 2.33. The Labute approximate surface area is 109 Å². The van der Waals surface area contributed by atoms with Crippen molar-refractivity contribution in [2.75, 3.05) is 20.8 Å². The normalized spacial score (nSPS) is 28.7. The average Bonchev–Trinajstić information content (AvgIpc) is 2.30. The van der Waals surface area contributed by atoms with Crippen LogP contribution in [-0.4, -0.2) is 55.0 Å². The van der Waals surface area contributed by atoms with Gasteiger partial charge in [-0.15, -0.1) is 0 Å². The molecule has 0 aromatic heterocycles. The second kappa shape index (κ2) is 6.95. The van der Waals surface area contributed by atoms with Gasteiger partial charge in [0, 0.05) is 31.2 Å². The number of ether oxygens (including phenoxy) is 1. The molecule has 1 saturated carbocycles. The maximum absolute atomic E-state index is 10.8. The monoisotopic (exact) mass is 258 g/mol. The molecule has 0 heterocycles. The first-order valence-electron chi connectivity index (χ1n) is 6.66. The summed E-state index contributed by atoms with van der Waals surface area (Å²) in [6, 6.07) is 1.07. The molecule has 0 aromatic rings. The summed E-state index contributed by atoms with van der Waals surface area (Å²) in [4.78, 5) is 13.2. The van der Waals surface area contributed by atoms with E-state index in [4.69, 9.17) is 9.84 Å². The Hall–Kier alpha value is -0.810. The first-order chi connectivity index (χ1) is 8.45. The topological polar surface area (TPSA) is 61.8 Å². The van der Waals surface area contributed by atoms with Crippen LogP contribution in [0.15, 0.2) is 0 Å². The molecule has 0 spiro atoms. The van der Waals surface area contributed by atoms with Crippen molar-refractivity contribution in [2.45, 2.75) is 51.2 Å². The van der Waals surface area contributed by atoms with Crippen molar-refractivity contribution >= 4 is 6.09 Å². The Kier molecular flexibility index (Phi) is 5.88. The Balaban J connectivity index is 2.61. The fourth-order valence-electron chi connectivity index (χ4n) is 2.78. The number of nitrogens with one attached hydrogen (secondary N) is 1. The van der Waals surface area contributed by atoms with Gasteiger partial charge in [-0.1, -0.05) is 0 Å². The van der Waals surface area contributed by atoms with Crippen molar-refractivity contribution < 1.29 is 14.6 Å². The van der Waals surface area contributed by atoms with Crippen molar-refractivity contribution in [1.82, 2.24) is 10.2 Å². The molecule has 1 aliphatic rings. The van der Waals surface area contributed by atoms with Gasteiger partial charge in [0.05, 0.1) is 6.61 Å². The standard InChI is InChI=1S/C13H26N2O3/c1-9(2)15(3)11-5-6-12(14-13(16)17)10(7-11)8-18-4/h9-12,14H,5-8H2,1-4H3,(H,16,17)/t10?,11-,12?/m1/s1. The highest BCUT2D eigenvalue weighted by atomic mass is 16.5. The molecule has 2 unspecified atom stereocenters. The van der Waals surface area contributed by atoms with Crippen LogP contribution in [0, 0.1) is 5.92 Å². The Morgan fingerprint density at radius 1 is 1.50 bits per heavy atom. The maximum atomic E-state index is 10.8. The van der Waals surface area contributed by atoms with Gasteiger partial charge in [0.1, 0.15) is 0 Å². The number of hydrogen-bond acceptors (Lipinski definition) is 3.